The van der Waals surface area contributed by atoms with Crippen molar-refractivity contribution in [1.29, 1.82) is 0 Å². The summed E-state index contributed by atoms with van der Waals surface area (Å²) in [6.45, 7) is 2.05. The zero-order valence-corrected chi connectivity index (χ0v) is 22.4. The number of carbonyl (C=O) groups is 2. The van der Waals surface area contributed by atoms with Gasteiger partial charge in [0.15, 0.2) is 11.4 Å². The van der Waals surface area contributed by atoms with Crippen molar-refractivity contribution in [3.8, 4) is 0 Å². The van der Waals surface area contributed by atoms with Gasteiger partial charge in [-0.15, -0.1) is 0 Å². The molecule has 1 saturated carbocycles. The van der Waals surface area contributed by atoms with Gasteiger partial charge in [0, 0.05) is 18.0 Å². The molecule has 1 heterocycles. The van der Waals surface area contributed by atoms with Gasteiger partial charge in [-0.3, -0.25) is 0 Å². The van der Waals surface area contributed by atoms with Gasteiger partial charge in [-0.1, -0.05) is 79.9 Å². The average molecular weight is 523 g/mol. The number of aromatic nitrogens is 1. The largest absolute Gasteiger partial charge is 0.554 e. The Morgan fingerprint density at radius 3 is 2.29 bits per heavy atom. The molecule has 8 nitrogen and oxygen atoms in total. The van der Waals surface area contributed by atoms with Gasteiger partial charge >= 0.3 is 5.97 Å². The van der Waals surface area contributed by atoms with Gasteiger partial charge in [0.2, 0.25) is 11.9 Å². The molecule has 0 bridgehead atoms. The fraction of sp³-hybridized carbons (Fsp3) is 0.433. The second-order valence-corrected chi connectivity index (χ2v) is 10.2. The van der Waals surface area contributed by atoms with Crippen LogP contribution in [0.25, 0.3) is 0 Å². The second kappa shape index (κ2) is 13.3. The minimum absolute atomic E-state index is 0.0456. The summed E-state index contributed by atoms with van der Waals surface area (Å²) in [5, 5.41) is 20.4. The fourth-order valence-corrected chi connectivity index (χ4v) is 5.48. The van der Waals surface area contributed by atoms with Gasteiger partial charge in [-0.25, -0.2) is 9.78 Å². The predicted octanol–water partition coefficient (Wildman–Crippen LogP) is 3.74. The maximum atomic E-state index is 13.0. The van der Waals surface area contributed by atoms with Crippen molar-refractivity contribution >= 4 is 12.4 Å². The number of esters is 1. The summed E-state index contributed by atoms with van der Waals surface area (Å²) in [6, 6.07) is 18.9. The highest BCUT2D eigenvalue weighted by Crippen LogP contribution is 2.44. The zero-order valence-electron chi connectivity index (χ0n) is 22.4. The summed E-state index contributed by atoms with van der Waals surface area (Å²) in [4.78, 5) is 25.9. The molecule has 38 heavy (non-hydrogen) atoms. The number of rotatable bonds is 9. The van der Waals surface area contributed by atoms with Gasteiger partial charge in [-0.05, 0) is 25.3 Å². The first-order valence-electron chi connectivity index (χ1n) is 13.1. The molecular weight excluding hydrogens is 484 g/mol. The lowest BCUT2D eigenvalue weighted by Gasteiger charge is -2.37. The van der Waals surface area contributed by atoms with E-state index in [0.29, 0.717) is 29.3 Å². The number of hydrogen-bond acceptors (Lipinski definition) is 7. The number of benzene rings is 2. The van der Waals surface area contributed by atoms with Crippen molar-refractivity contribution < 1.29 is 33.4 Å². The van der Waals surface area contributed by atoms with E-state index in [9.17, 15) is 9.90 Å². The Bertz CT molecular complexity index is 1140. The quantitative estimate of drug-likeness (QED) is 0.259. The molecule has 0 radical (unpaired) electrons. The lowest BCUT2D eigenvalue weighted by atomic mass is 9.73. The van der Waals surface area contributed by atoms with E-state index in [1.807, 2.05) is 81.7 Å². The summed E-state index contributed by atoms with van der Waals surface area (Å²) in [6.07, 6.45) is 6.94. The van der Waals surface area contributed by atoms with E-state index >= 15 is 0 Å². The van der Waals surface area contributed by atoms with E-state index in [-0.39, 0.29) is 11.9 Å². The number of quaternary nitrogens is 1. The van der Waals surface area contributed by atoms with Gasteiger partial charge in [0.25, 0.3) is 0 Å². The molecule has 4 rings (SSSR count). The van der Waals surface area contributed by atoms with Crippen LogP contribution in [-0.2, 0) is 26.5 Å². The maximum Gasteiger partial charge on any atom is 0.369 e. The highest BCUT2D eigenvalue weighted by Gasteiger charge is 2.45. The molecule has 1 aliphatic rings. The summed E-state index contributed by atoms with van der Waals surface area (Å²) >= 11 is 0. The Morgan fingerprint density at radius 1 is 1.13 bits per heavy atom. The van der Waals surface area contributed by atoms with Crippen LogP contribution < -0.4 is 5.11 Å². The Hall–Kier alpha value is -3.49. The topological polar surface area (TPSA) is 113 Å². The average Bonchev–Trinajstić information content (AvgIpc) is 3.38. The number of nitrogens with zero attached hydrogens (tertiary/aromatic N) is 2. The molecule has 1 N–H and O–H groups in total. The molecule has 0 spiro atoms. The van der Waals surface area contributed by atoms with E-state index in [2.05, 4.69) is 4.98 Å². The highest BCUT2D eigenvalue weighted by molar-refractivity contribution is 5.76. The molecule has 0 saturated heterocycles. The number of hydrogen-bond donors (Lipinski definition) is 1. The normalized spacial score (nSPS) is 16.4. The number of oxazole rings is 1. The van der Waals surface area contributed by atoms with Crippen molar-refractivity contribution in [3.63, 3.8) is 0 Å². The molecule has 0 amide bonds. The van der Waals surface area contributed by atoms with Crippen molar-refractivity contribution in [1.82, 2.24) is 4.98 Å². The van der Waals surface area contributed by atoms with Gasteiger partial charge in [0.1, 0.15) is 6.54 Å². The molecule has 2 atom stereocenters. The molecule has 1 aliphatic carbocycles. The van der Waals surface area contributed by atoms with Gasteiger partial charge < -0.3 is 28.6 Å². The third kappa shape index (κ3) is 6.68. The van der Waals surface area contributed by atoms with E-state index in [1.54, 1.807) is 6.20 Å². The van der Waals surface area contributed by atoms with Gasteiger partial charge in [0.05, 0.1) is 26.9 Å². The van der Waals surface area contributed by atoms with Crippen LogP contribution in [0.1, 0.15) is 67.8 Å². The lowest BCUT2D eigenvalue weighted by Crippen LogP contribution is -2.46. The van der Waals surface area contributed by atoms with Crippen LogP contribution in [0.5, 0.6) is 0 Å². The SMILES string of the molecule is CCOC(=O)[C@@H](c1ccccc1)[N+](C)(C)Cc1cnc([C@](O)(c2ccccc2)C2CCCCC2)o1.O=C[O-]. The molecule has 0 unspecified atom stereocenters. The summed E-state index contributed by atoms with van der Waals surface area (Å²) in [5.41, 5.74) is 0.415. The van der Waals surface area contributed by atoms with E-state index in [4.69, 9.17) is 19.1 Å². The van der Waals surface area contributed by atoms with Crippen molar-refractivity contribution in [2.24, 2.45) is 5.92 Å². The summed E-state index contributed by atoms with van der Waals surface area (Å²) in [5.74, 6) is 0.731. The number of carboxylic acid groups (broad SMARTS) is 1. The molecule has 2 aromatic carbocycles. The van der Waals surface area contributed by atoms with Crippen LogP contribution in [0.2, 0.25) is 0 Å². The van der Waals surface area contributed by atoms with Crippen LogP contribution in [0, 0.1) is 5.92 Å². The highest BCUT2D eigenvalue weighted by atomic mass is 16.5. The van der Waals surface area contributed by atoms with Crippen molar-refractivity contribution in [2.75, 3.05) is 20.7 Å². The lowest BCUT2D eigenvalue weighted by molar-refractivity contribution is -0.926. The van der Waals surface area contributed by atoms with E-state index < -0.39 is 18.1 Å². The molecule has 0 aliphatic heterocycles. The second-order valence-electron chi connectivity index (χ2n) is 10.2. The van der Waals surface area contributed by atoms with E-state index in [0.717, 1.165) is 36.8 Å². The predicted molar refractivity (Wildman–Crippen MR) is 140 cm³/mol. The van der Waals surface area contributed by atoms with Gasteiger partial charge in [-0.2, -0.15) is 0 Å². The molecule has 1 fully saturated rings. The third-order valence-electron chi connectivity index (χ3n) is 7.18. The Morgan fingerprint density at radius 2 is 1.71 bits per heavy atom. The first-order valence-corrected chi connectivity index (χ1v) is 13.1. The van der Waals surface area contributed by atoms with Crippen molar-refractivity contribution in [3.05, 3.63) is 89.6 Å². The third-order valence-corrected chi connectivity index (χ3v) is 7.18. The van der Waals surface area contributed by atoms with E-state index in [1.165, 1.54) is 6.42 Å². The van der Waals surface area contributed by atoms with Crippen LogP contribution in [0.15, 0.2) is 71.3 Å². The Labute approximate surface area is 224 Å². The number of carbonyl (C=O) groups excluding carboxylic acids is 2. The Balaban J connectivity index is 0.00000127. The molecule has 1 aromatic heterocycles. The van der Waals surface area contributed by atoms with Crippen LogP contribution in [0.3, 0.4) is 0 Å². The number of likely N-dealkylation sites (N-methyl/N-ethyl adjacent to an activating group) is 1. The minimum Gasteiger partial charge on any atom is -0.554 e. The summed E-state index contributed by atoms with van der Waals surface area (Å²) in [7, 11) is 3.97. The van der Waals surface area contributed by atoms with Crippen LogP contribution >= 0.6 is 0 Å². The molecule has 3 aromatic rings. The van der Waals surface area contributed by atoms with Crippen LogP contribution in [-0.4, -0.2) is 47.7 Å². The summed E-state index contributed by atoms with van der Waals surface area (Å²) < 4.78 is 12.0. The standard InChI is InChI=1S/C29H37N2O4.CH2O2/c1-4-34-27(32)26(22-14-8-5-9-15-22)31(2,3)21-25-20-30-28(35-25)29(33,23-16-10-6-11-17-23)24-18-12-7-13-19-24;2-1-3/h5-6,8-11,14-17,20,24,26,33H,4,7,12-13,18-19,21H2,1-3H3;1H,(H,2,3)/q+1;/p-1/t26-,29+;/m1./s1. The smallest absolute Gasteiger partial charge is 0.369 e. The van der Waals surface area contributed by atoms with Crippen LogP contribution in [0.4, 0.5) is 0 Å². The molecular formula is C30H38N2O6. The van der Waals surface area contributed by atoms with Crippen molar-refractivity contribution in [2.45, 2.75) is 57.2 Å². The fourth-order valence-electron chi connectivity index (χ4n) is 5.48. The first-order chi connectivity index (χ1) is 18.3. The number of ether oxygens (including phenoxy) is 1. The number of aliphatic hydroxyl groups is 1. The molecule has 204 valence electrons. The first kappa shape index (κ1) is 29.1. The minimum atomic E-state index is -1.28. The monoisotopic (exact) mass is 522 g/mol. The maximum absolute atomic E-state index is 13.0. The molecule has 8 heteroatoms. The zero-order chi connectivity index (χ0) is 27.6. The Kier molecular flexibility index (Phi) is 10.2.